The van der Waals surface area contributed by atoms with E-state index in [0.29, 0.717) is 23.4 Å². The number of nitrogens with one attached hydrogen (secondary N) is 2. The van der Waals surface area contributed by atoms with Gasteiger partial charge in [-0.3, -0.25) is 9.59 Å². The summed E-state index contributed by atoms with van der Waals surface area (Å²) in [5.41, 5.74) is 1.87. The Balaban J connectivity index is 1.76. The molecule has 0 radical (unpaired) electrons. The van der Waals surface area contributed by atoms with Crippen LogP contribution in [0.1, 0.15) is 28.0 Å². The lowest BCUT2D eigenvalue weighted by Crippen LogP contribution is -2.39. The monoisotopic (exact) mass is 337 g/mol. The van der Waals surface area contributed by atoms with Gasteiger partial charge < -0.3 is 5.32 Å². The molecule has 1 amide bonds. The Bertz CT molecular complexity index is 789. The summed E-state index contributed by atoms with van der Waals surface area (Å²) in [6, 6.07) is 6.43. The zero-order valence-corrected chi connectivity index (χ0v) is 13.0. The summed E-state index contributed by atoms with van der Waals surface area (Å²) in [5.74, 6) is -0.265. The van der Waals surface area contributed by atoms with Crippen LogP contribution in [0.4, 0.5) is 0 Å². The zero-order chi connectivity index (χ0) is 15.7. The number of benzene rings is 1. The van der Waals surface area contributed by atoms with Crippen molar-refractivity contribution in [3.05, 3.63) is 61.5 Å². The van der Waals surface area contributed by atoms with Gasteiger partial charge in [-0.1, -0.05) is 29.3 Å². The molecular weight excluding hydrogens is 325 g/mol. The minimum absolute atomic E-state index is 0.0568. The number of hydrogen-bond donors (Lipinski definition) is 2. The van der Waals surface area contributed by atoms with E-state index in [2.05, 4.69) is 15.5 Å². The van der Waals surface area contributed by atoms with Crippen LogP contribution in [0.3, 0.4) is 0 Å². The molecule has 1 heterocycles. The summed E-state index contributed by atoms with van der Waals surface area (Å²) in [7, 11) is 0. The molecule has 0 bridgehead atoms. The first-order valence-corrected chi connectivity index (χ1v) is 7.62. The van der Waals surface area contributed by atoms with Gasteiger partial charge in [-0.2, -0.15) is 5.10 Å². The Morgan fingerprint density at radius 2 is 2.18 bits per heavy atom. The normalized spacial score (nSPS) is 16.9. The van der Waals surface area contributed by atoms with E-state index >= 15 is 0 Å². The van der Waals surface area contributed by atoms with Gasteiger partial charge in [0.2, 0.25) is 0 Å². The van der Waals surface area contributed by atoms with E-state index in [9.17, 15) is 9.59 Å². The second-order valence-corrected chi connectivity index (χ2v) is 6.00. The van der Waals surface area contributed by atoms with Gasteiger partial charge in [0.05, 0.1) is 21.3 Å². The van der Waals surface area contributed by atoms with Crippen LogP contribution in [0.2, 0.25) is 10.0 Å². The number of hydrogen-bond acceptors (Lipinski definition) is 3. The van der Waals surface area contributed by atoms with E-state index in [4.69, 9.17) is 23.2 Å². The lowest BCUT2D eigenvalue weighted by atomic mass is 9.92. The van der Waals surface area contributed by atoms with Crippen molar-refractivity contribution >= 4 is 29.1 Å². The van der Waals surface area contributed by atoms with E-state index in [0.717, 1.165) is 17.7 Å². The molecule has 5 nitrogen and oxygen atoms in total. The molecule has 0 saturated heterocycles. The van der Waals surface area contributed by atoms with Crippen molar-refractivity contribution in [1.29, 1.82) is 0 Å². The van der Waals surface area contributed by atoms with Gasteiger partial charge in [0.1, 0.15) is 0 Å². The van der Waals surface area contributed by atoms with Crippen molar-refractivity contribution in [2.45, 2.75) is 25.3 Å². The molecular formula is C15H13Cl2N3O2. The fourth-order valence-corrected chi connectivity index (χ4v) is 2.99. The molecule has 1 atom stereocenters. The summed E-state index contributed by atoms with van der Waals surface area (Å²) in [5, 5.41) is 9.99. The van der Waals surface area contributed by atoms with Crippen LogP contribution < -0.4 is 10.9 Å². The van der Waals surface area contributed by atoms with Gasteiger partial charge in [0.15, 0.2) is 0 Å². The van der Waals surface area contributed by atoms with Gasteiger partial charge in [-0.05, 0) is 37.0 Å². The number of fused-ring (bicyclic) bond motifs is 1. The number of amides is 1. The SMILES string of the molecule is O=C(NC1CCc2n[nH]c(=O)cc2C1)c1cccc(Cl)c1Cl. The highest BCUT2D eigenvalue weighted by molar-refractivity contribution is 6.43. The quantitative estimate of drug-likeness (QED) is 0.883. The van der Waals surface area contributed by atoms with Crippen molar-refractivity contribution in [1.82, 2.24) is 15.5 Å². The summed E-state index contributed by atoms with van der Waals surface area (Å²) in [6.07, 6.45) is 2.05. The molecule has 1 aliphatic carbocycles. The number of carbonyl (C=O) groups excluding carboxylic acids is 1. The van der Waals surface area contributed by atoms with E-state index in [-0.39, 0.29) is 22.5 Å². The average molecular weight is 338 g/mol. The fourth-order valence-electron chi connectivity index (χ4n) is 2.61. The molecule has 0 fully saturated rings. The molecule has 2 N–H and O–H groups in total. The lowest BCUT2D eigenvalue weighted by molar-refractivity contribution is 0.0933. The highest BCUT2D eigenvalue weighted by Crippen LogP contribution is 2.26. The van der Waals surface area contributed by atoms with E-state index in [1.165, 1.54) is 6.07 Å². The third-order valence-corrected chi connectivity index (χ3v) is 4.52. The molecule has 0 spiro atoms. The number of aromatic amines is 1. The molecule has 22 heavy (non-hydrogen) atoms. The van der Waals surface area contributed by atoms with Crippen molar-refractivity contribution in [3.63, 3.8) is 0 Å². The van der Waals surface area contributed by atoms with Crippen molar-refractivity contribution in [2.24, 2.45) is 0 Å². The Hall–Kier alpha value is -1.85. The molecule has 0 aliphatic heterocycles. The number of carbonyl (C=O) groups is 1. The van der Waals surface area contributed by atoms with E-state index in [1.54, 1.807) is 18.2 Å². The lowest BCUT2D eigenvalue weighted by Gasteiger charge is -2.24. The van der Waals surface area contributed by atoms with Crippen LogP contribution in [-0.2, 0) is 12.8 Å². The third-order valence-electron chi connectivity index (χ3n) is 3.70. The molecule has 2 aromatic rings. The highest BCUT2D eigenvalue weighted by Gasteiger charge is 2.23. The molecule has 3 rings (SSSR count). The molecule has 1 aromatic heterocycles. The van der Waals surface area contributed by atoms with Crippen LogP contribution in [0.15, 0.2) is 29.1 Å². The number of H-pyrrole nitrogens is 1. The average Bonchev–Trinajstić information content (AvgIpc) is 2.49. The van der Waals surface area contributed by atoms with Crippen molar-refractivity contribution < 1.29 is 4.79 Å². The van der Waals surface area contributed by atoms with Crippen molar-refractivity contribution in [2.75, 3.05) is 0 Å². The largest absolute Gasteiger partial charge is 0.349 e. The third kappa shape index (κ3) is 3.00. The number of halogens is 2. The molecule has 1 aromatic carbocycles. The molecule has 0 saturated carbocycles. The van der Waals surface area contributed by atoms with Crippen LogP contribution in [0.25, 0.3) is 0 Å². The van der Waals surface area contributed by atoms with Crippen LogP contribution in [-0.4, -0.2) is 22.1 Å². The number of nitrogens with zero attached hydrogens (tertiary/aromatic N) is 1. The Labute approximate surface area is 136 Å². The van der Waals surface area contributed by atoms with Gasteiger partial charge in [0.25, 0.3) is 11.5 Å². The molecule has 114 valence electrons. The maximum atomic E-state index is 12.3. The van der Waals surface area contributed by atoms with Crippen LogP contribution >= 0.6 is 23.2 Å². The number of aromatic nitrogens is 2. The minimum Gasteiger partial charge on any atom is -0.349 e. The van der Waals surface area contributed by atoms with Crippen molar-refractivity contribution in [3.8, 4) is 0 Å². The Morgan fingerprint density at radius 1 is 1.36 bits per heavy atom. The maximum absolute atomic E-state index is 12.3. The molecule has 1 aliphatic rings. The van der Waals surface area contributed by atoms with E-state index in [1.807, 2.05) is 0 Å². The number of rotatable bonds is 2. The van der Waals surface area contributed by atoms with Crippen LogP contribution in [0.5, 0.6) is 0 Å². The number of aryl methyl sites for hydroxylation is 1. The fraction of sp³-hybridized carbons (Fsp3) is 0.267. The van der Waals surface area contributed by atoms with Gasteiger partial charge in [-0.15, -0.1) is 0 Å². The standard InChI is InChI=1S/C15H13Cl2N3O2/c16-11-3-1-2-10(14(11)17)15(22)18-9-4-5-12-8(6-9)7-13(21)20-19-12/h1-3,7,9H,4-6H2,(H,18,22)(H,20,21). The Kier molecular flexibility index (Phi) is 4.18. The second-order valence-electron chi connectivity index (χ2n) is 5.22. The summed E-state index contributed by atoms with van der Waals surface area (Å²) in [6.45, 7) is 0. The topological polar surface area (TPSA) is 74.8 Å². The first-order chi connectivity index (χ1) is 10.5. The molecule has 1 unspecified atom stereocenters. The summed E-state index contributed by atoms with van der Waals surface area (Å²) >= 11 is 12.0. The highest BCUT2D eigenvalue weighted by atomic mass is 35.5. The van der Waals surface area contributed by atoms with Crippen LogP contribution in [0, 0.1) is 0 Å². The predicted octanol–water partition coefficient (Wildman–Crippen LogP) is 2.36. The predicted molar refractivity (Wildman–Crippen MR) is 84.6 cm³/mol. The minimum atomic E-state index is -0.265. The molecule has 7 heteroatoms. The Morgan fingerprint density at radius 3 is 3.00 bits per heavy atom. The first kappa shape index (κ1) is 15.1. The zero-order valence-electron chi connectivity index (χ0n) is 11.5. The summed E-state index contributed by atoms with van der Waals surface area (Å²) < 4.78 is 0. The second kappa shape index (κ2) is 6.10. The van der Waals surface area contributed by atoms with E-state index < -0.39 is 0 Å². The summed E-state index contributed by atoms with van der Waals surface area (Å²) in [4.78, 5) is 23.7. The maximum Gasteiger partial charge on any atom is 0.264 e. The smallest absolute Gasteiger partial charge is 0.264 e. The first-order valence-electron chi connectivity index (χ1n) is 6.87. The van der Waals surface area contributed by atoms with Gasteiger partial charge in [-0.25, -0.2) is 5.10 Å². The van der Waals surface area contributed by atoms with Gasteiger partial charge in [0, 0.05) is 12.1 Å². The van der Waals surface area contributed by atoms with Gasteiger partial charge >= 0.3 is 0 Å².